The predicted molar refractivity (Wildman–Crippen MR) is 205 cm³/mol. The van der Waals surface area contributed by atoms with Gasteiger partial charge in [-0.15, -0.1) is 0 Å². The first-order chi connectivity index (χ1) is 23.6. The minimum absolute atomic E-state index is 0.146. The minimum atomic E-state index is -0.801. The lowest BCUT2D eigenvalue weighted by molar-refractivity contribution is -0.142. The van der Waals surface area contributed by atoms with Crippen molar-refractivity contribution in [2.75, 3.05) is 39.4 Å². The third-order valence-electron chi connectivity index (χ3n) is 10.8. The van der Waals surface area contributed by atoms with Crippen LogP contribution < -0.4 is 9.47 Å². The second-order valence-electron chi connectivity index (χ2n) is 17.6. The average molecular weight is 707 g/mol. The van der Waals surface area contributed by atoms with Crippen LogP contribution in [0.5, 0.6) is 11.5 Å². The van der Waals surface area contributed by atoms with Gasteiger partial charge in [-0.2, -0.15) is 0 Å². The number of Topliss-reactive ketones (excluding diaryl/α,β-unsaturated/α-hetero) is 2. The highest BCUT2D eigenvalue weighted by Crippen LogP contribution is 2.35. The second kappa shape index (κ2) is 16.1. The van der Waals surface area contributed by atoms with E-state index in [4.69, 9.17) is 18.9 Å². The Morgan fingerprint density at radius 1 is 0.588 bits per heavy atom. The number of ether oxygens (including phenoxy) is 4. The van der Waals surface area contributed by atoms with E-state index in [9.17, 15) is 9.59 Å². The van der Waals surface area contributed by atoms with Crippen LogP contribution >= 0.6 is 0 Å². The first-order valence-corrected chi connectivity index (χ1v) is 19.0. The zero-order valence-electron chi connectivity index (χ0n) is 33.7. The molecule has 2 saturated heterocycles. The summed E-state index contributed by atoms with van der Waals surface area (Å²) >= 11 is 0. The summed E-state index contributed by atoms with van der Waals surface area (Å²) < 4.78 is 24.9. The molecule has 2 aliphatic heterocycles. The lowest BCUT2D eigenvalue weighted by Gasteiger charge is -2.31. The Labute approximate surface area is 308 Å². The van der Waals surface area contributed by atoms with Crippen LogP contribution in [0, 0.1) is 0 Å². The molecule has 51 heavy (non-hydrogen) atoms. The van der Waals surface area contributed by atoms with Gasteiger partial charge in [-0.3, -0.25) is 19.4 Å². The van der Waals surface area contributed by atoms with Crippen LogP contribution in [0.15, 0.2) is 48.5 Å². The van der Waals surface area contributed by atoms with Crippen LogP contribution in [-0.2, 0) is 24.5 Å². The molecule has 0 aliphatic carbocycles. The van der Waals surface area contributed by atoms with Gasteiger partial charge in [-0.1, -0.05) is 38.1 Å². The number of hydrogen-bond acceptors (Lipinski definition) is 8. The summed E-state index contributed by atoms with van der Waals surface area (Å²) in [5.74, 6) is 1.90. The van der Waals surface area contributed by atoms with Gasteiger partial charge in [-0.25, -0.2) is 0 Å². The zero-order chi connectivity index (χ0) is 37.8. The van der Waals surface area contributed by atoms with Crippen molar-refractivity contribution in [2.45, 2.75) is 149 Å². The Bertz CT molecular complexity index is 1350. The van der Waals surface area contributed by atoms with E-state index in [1.807, 2.05) is 52.0 Å². The molecule has 0 N–H and O–H groups in total. The van der Waals surface area contributed by atoms with Crippen LogP contribution in [0.1, 0.15) is 120 Å². The first kappa shape index (κ1) is 41.0. The Balaban J connectivity index is 1.23. The number of ketones is 2. The van der Waals surface area contributed by atoms with Crippen LogP contribution in [0.4, 0.5) is 0 Å². The van der Waals surface area contributed by atoms with Crippen molar-refractivity contribution in [2.24, 2.45) is 0 Å². The normalized spacial score (nSPS) is 20.9. The van der Waals surface area contributed by atoms with Crippen molar-refractivity contribution in [1.82, 2.24) is 9.80 Å². The summed E-state index contributed by atoms with van der Waals surface area (Å²) in [6.45, 7) is 29.2. The molecule has 0 saturated carbocycles. The summed E-state index contributed by atoms with van der Waals surface area (Å²) in [5.41, 5.74) is -0.388. The lowest BCUT2D eigenvalue weighted by atomic mass is 9.78. The first-order valence-electron chi connectivity index (χ1n) is 19.0. The van der Waals surface area contributed by atoms with E-state index in [1.165, 1.54) is 11.1 Å². The third kappa shape index (κ3) is 12.1. The topological polar surface area (TPSA) is 77.1 Å². The maximum Gasteiger partial charge on any atom is 0.165 e. The molecule has 0 amide bonds. The number of rotatable bonds is 22. The van der Waals surface area contributed by atoms with Gasteiger partial charge in [0.05, 0.1) is 13.2 Å². The molecule has 0 radical (unpaired) electrons. The van der Waals surface area contributed by atoms with Gasteiger partial charge < -0.3 is 18.9 Å². The molecule has 8 nitrogen and oxygen atoms in total. The molecule has 8 heteroatoms. The molecular formula is C43H66N2O6. The second-order valence-corrected chi connectivity index (χ2v) is 17.6. The van der Waals surface area contributed by atoms with Crippen LogP contribution in [-0.4, -0.2) is 95.2 Å². The van der Waals surface area contributed by atoms with Crippen molar-refractivity contribution >= 4 is 11.6 Å². The Hall–Kier alpha value is -2.78. The molecule has 0 aromatic heterocycles. The third-order valence-corrected chi connectivity index (χ3v) is 10.8. The fourth-order valence-electron chi connectivity index (χ4n) is 6.35. The molecule has 4 rings (SSSR count). The molecule has 284 valence electrons. The van der Waals surface area contributed by atoms with Crippen LogP contribution in [0.2, 0.25) is 0 Å². The number of hydrogen-bond donors (Lipinski definition) is 0. The molecule has 2 heterocycles. The Kier molecular flexibility index (Phi) is 12.9. The summed E-state index contributed by atoms with van der Waals surface area (Å²) in [5, 5.41) is 0. The summed E-state index contributed by atoms with van der Waals surface area (Å²) in [7, 11) is 0. The zero-order valence-corrected chi connectivity index (χ0v) is 33.7. The van der Waals surface area contributed by atoms with E-state index < -0.39 is 22.4 Å². The summed E-state index contributed by atoms with van der Waals surface area (Å²) in [4.78, 5) is 30.1. The molecular weight excluding hydrogens is 640 g/mol. The molecule has 0 bridgehead atoms. The van der Waals surface area contributed by atoms with Crippen LogP contribution in [0.3, 0.4) is 0 Å². The fourth-order valence-corrected chi connectivity index (χ4v) is 6.35. The van der Waals surface area contributed by atoms with Gasteiger partial charge in [-0.05, 0) is 105 Å². The van der Waals surface area contributed by atoms with Crippen molar-refractivity contribution in [3.63, 3.8) is 0 Å². The Morgan fingerprint density at radius 3 is 1.20 bits per heavy atom. The monoisotopic (exact) mass is 706 g/mol. The number of nitrogens with zero attached hydrogens (tertiary/aromatic N) is 2. The Morgan fingerprint density at radius 2 is 0.902 bits per heavy atom. The van der Waals surface area contributed by atoms with E-state index in [2.05, 4.69) is 89.5 Å². The number of benzene rings is 2. The predicted octanol–water partition coefficient (Wildman–Crippen LogP) is 8.02. The maximum absolute atomic E-state index is 12.8. The number of carbonyl (C=O) groups is 2. The van der Waals surface area contributed by atoms with Gasteiger partial charge in [0.2, 0.25) is 0 Å². The smallest absolute Gasteiger partial charge is 0.165 e. The average Bonchev–Trinajstić information content (AvgIpc) is 3.94. The standard InChI is InChI=1S/C43H66N2O6/c1-31-29-44(31)25-21-37(46)42(9,10)48-27-23-39(3,4)50-35-17-13-33(14-18-35)41(7,8)34-15-19-36(20-16-34)51-40(5,6)24-28-49-43(11,12)38(47)22-26-45-30-32(45)2/h13-20,31-32H,21-30H2,1-12H3. The molecule has 4 unspecified atom stereocenters. The van der Waals surface area contributed by atoms with E-state index in [0.29, 0.717) is 51.0 Å². The summed E-state index contributed by atoms with van der Waals surface area (Å²) in [6, 6.07) is 17.8. The SMILES string of the molecule is CC1CN1CCC(=O)C(C)(C)OCCC(C)(C)Oc1ccc(C(C)(C)c2ccc(OC(C)(C)CCOC(C)(C)C(=O)CCN3CC3C)cc2)cc1. The van der Waals surface area contributed by atoms with Crippen molar-refractivity contribution < 1.29 is 28.5 Å². The largest absolute Gasteiger partial charge is 0.488 e. The molecule has 4 atom stereocenters. The van der Waals surface area contributed by atoms with E-state index in [-0.39, 0.29) is 17.0 Å². The molecule has 2 aromatic carbocycles. The van der Waals surface area contributed by atoms with Gasteiger partial charge in [0.25, 0.3) is 0 Å². The minimum Gasteiger partial charge on any atom is -0.488 e. The lowest BCUT2D eigenvalue weighted by Crippen LogP contribution is -2.38. The molecule has 0 spiro atoms. The van der Waals surface area contributed by atoms with E-state index >= 15 is 0 Å². The highest BCUT2D eigenvalue weighted by Gasteiger charge is 2.35. The van der Waals surface area contributed by atoms with E-state index in [0.717, 1.165) is 37.7 Å². The highest BCUT2D eigenvalue weighted by atomic mass is 16.5. The van der Waals surface area contributed by atoms with Crippen molar-refractivity contribution in [3.05, 3.63) is 59.7 Å². The molecule has 2 aromatic rings. The van der Waals surface area contributed by atoms with E-state index in [1.54, 1.807) is 0 Å². The maximum atomic E-state index is 12.8. The number of carbonyl (C=O) groups excluding carboxylic acids is 2. The van der Waals surface area contributed by atoms with Gasteiger partial charge in [0.1, 0.15) is 33.9 Å². The molecule has 2 fully saturated rings. The highest BCUT2D eigenvalue weighted by molar-refractivity contribution is 5.87. The van der Waals surface area contributed by atoms with Crippen LogP contribution in [0.25, 0.3) is 0 Å². The van der Waals surface area contributed by atoms with Crippen molar-refractivity contribution in [1.29, 1.82) is 0 Å². The van der Waals surface area contributed by atoms with Crippen molar-refractivity contribution in [3.8, 4) is 11.5 Å². The summed E-state index contributed by atoms with van der Waals surface area (Å²) in [6.07, 6.45) is 2.37. The molecule has 2 aliphatic rings. The van der Waals surface area contributed by atoms with Gasteiger partial charge in [0, 0.05) is 69.4 Å². The van der Waals surface area contributed by atoms with Gasteiger partial charge in [0.15, 0.2) is 11.6 Å². The quantitative estimate of drug-likeness (QED) is 0.114. The van der Waals surface area contributed by atoms with Gasteiger partial charge >= 0.3 is 0 Å². The fraction of sp³-hybridized carbons (Fsp3) is 0.674.